The highest BCUT2D eigenvalue weighted by molar-refractivity contribution is 6.19. The Morgan fingerprint density at radius 2 is 1.94 bits per heavy atom. The van der Waals surface area contributed by atoms with Gasteiger partial charge in [0.15, 0.2) is 0 Å². The fourth-order valence-electron chi connectivity index (χ4n) is 1.61. The van der Waals surface area contributed by atoms with Crippen LogP contribution in [0, 0.1) is 0 Å². The molecule has 2 amide bonds. The molecule has 1 saturated heterocycles. The van der Waals surface area contributed by atoms with Gasteiger partial charge in [-0.1, -0.05) is 17.2 Å². The van der Waals surface area contributed by atoms with Crippen molar-refractivity contribution in [2.24, 2.45) is 5.11 Å². The van der Waals surface area contributed by atoms with Gasteiger partial charge in [-0.3, -0.25) is 14.5 Å². The summed E-state index contributed by atoms with van der Waals surface area (Å²) in [6, 6.07) is 6.39. The Bertz CT molecular complexity index is 489. The number of hydrogen-bond donors (Lipinski definition) is 0. The molecule has 0 spiro atoms. The lowest BCUT2D eigenvalue weighted by Crippen LogP contribution is -2.28. The second kappa shape index (κ2) is 4.04. The number of carbonyl (C=O) groups is 2. The monoisotopic (exact) mass is 216 g/mol. The van der Waals surface area contributed by atoms with Crippen LogP contribution in [0.15, 0.2) is 29.4 Å². The largest absolute Gasteiger partial charge is 0.274 e. The number of nitrogens with zero attached hydrogens (tertiary/aromatic N) is 4. The summed E-state index contributed by atoms with van der Waals surface area (Å²) in [6.45, 7) is 0. The normalized spacial score (nSPS) is 15.1. The van der Waals surface area contributed by atoms with Gasteiger partial charge in [0.05, 0.1) is 5.69 Å². The van der Waals surface area contributed by atoms with E-state index in [1.165, 1.54) is 6.07 Å². The zero-order valence-electron chi connectivity index (χ0n) is 8.33. The summed E-state index contributed by atoms with van der Waals surface area (Å²) in [5.41, 5.74) is 9.13. The van der Waals surface area contributed by atoms with Crippen molar-refractivity contribution in [2.45, 2.75) is 12.8 Å². The maximum atomic E-state index is 11.5. The number of hydrogen-bond acceptors (Lipinski definition) is 3. The van der Waals surface area contributed by atoms with Gasteiger partial charge in [-0.05, 0) is 17.7 Å². The Labute approximate surface area is 91.1 Å². The first-order valence-corrected chi connectivity index (χ1v) is 4.73. The average Bonchev–Trinajstić information content (AvgIpc) is 2.59. The van der Waals surface area contributed by atoms with Crippen LogP contribution in [-0.4, -0.2) is 11.8 Å². The number of rotatable bonds is 2. The SMILES string of the molecule is [N-]=[N+]=Nc1cccc(N2C(=O)CCC2=O)c1. The van der Waals surface area contributed by atoms with Crippen LogP contribution in [0.4, 0.5) is 11.4 Å². The van der Waals surface area contributed by atoms with Gasteiger partial charge in [0.1, 0.15) is 0 Å². The van der Waals surface area contributed by atoms with E-state index in [9.17, 15) is 9.59 Å². The summed E-state index contributed by atoms with van der Waals surface area (Å²) in [7, 11) is 0. The van der Waals surface area contributed by atoms with Crippen molar-refractivity contribution in [3.05, 3.63) is 34.7 Å². The number of amides is 2. The van der Waals surface area contributed by atoms with Crippen LogP contribution in [0.3, 0.4) is 0 Å². The molecule has 0 bridgehead atoms. The van der Waals surface area contributed by atoms with Crippen molar-refractivity contribution in [1.82, 2.24) is 0 Å². The number of benzene rings is 1. The van der Waals surface area contributed by atoms with Gasteiger partial charge in [0.2, 0.25) is 11.8 Å². The summed E-state index contributed by atoms with van der Waals surface area (Å²) in [4.78, 5) is 26.7. The molecular formula is C10H8N4O2. The third-order valence-corrected chi connectivity index (χ3v) is 2.30. The van der Waals surface area contributed by atoms with Gasteiger partial charge in [-0.2, -0.15) is 0 Å². The quantitative estimate of drug-likeness (QED) is 0.328. The van der Waals surface area contributed by atoms with Gasteiger partial charge in [-0.15, -0.1) is 0 Å². The van der Waals surface area contributed by atoms with E-state index < -0.39 is 0 Å². The zero-order chi connectivity index (χ0) is 11.5. The van der Waals surface area contributed by atoms with Crippen LogP contribution in [0.1, 0.15) is 12.8 Å². The second-order valence-corrected chi connectivity index (χ2v) is 3.33. The Hall–Kier alpha value is -2.33. The molecule has 1 aliphatic rings. The van der Waals surface area contributed by atoms with Crippen molar-refractivity contribution >= 4 is 23.2 Å². The molecule has 0 N–H and O–H groups in total. The molecule has 1 aromatic rings. The maximum absolute atomic E-state index is 11.5. The van der Waals surface area contributed by atoms with E-state index in [0.717, 1.165) is 4.90 Å². The smallest absolute Gasteiger partial charge is 0.234 e. The van der Waals surface area contributed by atoms with Gasteiger partial charge < -0.3 is 0 Å². The predicted octanol–water partition coefficient (Wildman–Crippen LogP) is 2.28. The summed E-state index contributed by atoms with van der Waals surface area (Å²) >= 11 is 0. The lowest BCUT2D eigenvalue weighted by molar-refractivity contribution is -0.121. The number of azide groups is 1. The zero-order valence-corrected chi connectivity index (χ0v) is 8.33. The first kappa shape index (κ1) is 10.2. The molecule has 0 unspecified atom stereocenters. The lowest BCUT2D eigenvalue weighted by Gasteiger charge is -2.13. The molecule has 0 aliphatic carbocycles. The summed E-state index contributed by atoms with van der Waals surface area (Å²) in [5, 5.41) is 3.42. The van der Waals surface area contributed by atoms with Crippen LogP contribution < -0.4 is 4.90 Å². The van der Waals surface area contributed by atoms with Crippen molar-refractivity contribution in [2.75, 3.05) is 4.90 Å². The van der Waals surface area contributed by atoms with E-state index in [0.29, 0.717) is 11.4 Å². The van der Waals surface area contributed by atoms with Gasteiger partial charge in [-0.25, -0.2) is 0 Å². The Kier molecular flexibility index (Phi) is 2.57. The maximum Gasteiger partial charge on any atom is 0.234 e. The fourth-order valence-corrected chi connectivity index (χ4v) is 1.61. The lowest BCUT2D eigenvalue weighted by atomic mass is 10.2. The fraction of sp³-hybridized carbons (Fsp3) is 0.200. The average molecular weight is 216 g/mol. The topological polar surface area (TPSA) is 86.1 Å². The third-order valence-electron chi connectivity index (χ3n) is 2.30. The number of carbonyl (C=O) groups excluding carboxylic acids is 2. The molecule has 6 heteroatoms. The van der Waals surface area contributed by atoms with Crippen LogP contribution in [0.2, 0.25) is 0 Å². The highest BCUT2D eigenvalue weighted by Gasteiger charge is 2.30. The molecule has 2 rings (SSSR count). The first-order chi connectivity index (χ1) is 7.72. The van der Waals surface area contributed by atoms with Crippen molar-refractivity contribution in [1.29, 1.82) is 0 Å². The highest BCUT2D eigenvalue weighted by atomic mass is 16.2. The minimum Gasteiger partial charge on any atom is -0.274 e. The van der Waals surface area contributed by atoms with Crippen molar-refractivity contribution < 1.29 is 9.59 Å². The first-order valence-electron chi connectivity index (χ1n) is 4.73. The van der Waals surface area contributed by atoms with Crippen LogP contribution in [0.25, 0.3) is 10.4 Å². The van der Waals surface area contributed by atoms with E-state index in [1.54, 1.807) is 18.2 Å². The molecule has 80 valence electrons. The molecule has 0 atom stereocenters. The summed E-state index contributed by atoms with van der Waals surface area (Å²) in [6.07, 6.45) is 0.481. The van der Waals surface area contributed by atoms with Gasteiger partial charge in [0, 0.05) is 23.4 Å². The molecule has 0 radical (unpaired) electrons. The molecule has 1 aromatic carbocycles. The van der Waals surface area contributed by atoms with E-state index in [-0.39, 0.29) is 24.7 Å². The van der Waals surface area contributed by atoms with E-state index in [4.69, 9.17) is 5.53 Å². The minimum atomic E-state index is -0.219. The standard InChI is InChI=1S/C10H8N4O2/c11-13-12-7-2-1-3-8(6-7)14-9(15)4-5-10(14)16/h1-3,6H,4-5H2. The van der Waals surface area contributed by atoms with Gasteiger partial charge in [0.25, 0.3) is 0 Å². The highest BCUT2D eigenvalue weighted by Crippen LogP contribution is 2.26. The summed E-state index contributed by atoms with van der Waals surface area (Å²) in [5.74, 6) is -0.439. The molecule has 0 saturated carbocycles. The Morgan fingerprint density at radius 3 is 2.56 bits per heavy atom. The van der Waals surface area contributed by atoms with E-state index in [2.05, 4.69) is 10.0 Å². The van der Waals surface area contributed by atoms with E-state index in [1.807, 2.05) is 0 Å². The second-order valence-electron chi connectivity index (χ2n) is 3.33. The molecule has 1 heterocycles. The summed E-state index contributed by atoms with van der Waals surface area (Å²) < 4.78 is 0. The molecule has 0 aromatic heterocycles. The molecule has 1 aliphatic heterocycles. The number of imide groups is 1. The Balaban J connectivity index is 2.40. The third kappa shape index (κ3) is 1.74. The molecule has 1 fully saturated rings. The van der Waals surface area contributed by atoms with E-state index >= 15 is 0 Å². The predicted molar refractivity (Wildman–Crippen MR) is 57.0 cm³/mol. The molecule has 16 heavy (non-hydrogen) atoms. The molecule has 6 nitrogen and oxygen atoms in total. The van der Waals surface area contributed by atoms with Crippen LogP contribution >= 0.6 is 0 Å². The number of anilines is 1. The van der Waals surface area contributed by atoms with Crippen LogP contribution in [0.5, 0.6) is 0 Å². The van der Waals surface area contributed by atoms with Gasteiger partial charge >= 0.3 is 0 Å². The van der Waals surface area contributed by atoms with Crippen molar-refractivity contribution in [3.8, 4) is 0 Å². The Morgan fingerprint density at radius 1 is 1.25 bits per heavy atom. The van der Waals surface area contributed by atoms with Crippen molar-refractivity contribution in [3.63, 3.8) is 0 Å². The van der Waals surface area contributed by atoms with Crippen LogP contribution in [-0.2, 0) is 9.59 Å². The minimum absolute atomic E-state index is 0.219. The molecular weight excluding hydrogens is 208 g/mol.